The molecule has 0 unspecified atom stereocenters. The third kappa shape index (κ3) is 3.93. The summed E-state index contributed by atoms with van der Waals surface area (Å²) in [6.07, 6.45) is 0. The Kier molecular flexibility index (Phi) is 5.79. The van der Waals surface area contributed by atoms with Crippen molar-refractivity contribution in [1.82, 2.24) is 0 Å². The lowest BCUT2D eigenvalue weighted by Crippen LogP contribution is -2.33. The highest BCUT2D eigenvalue weighted by molar-refractivity contribution is 9.10. The van der Waals surface area contributed by atoms with Gasteiger partial charge in [-0.15, -0.1) is 4.68 Å². The van der Waals surface area contributed by atoms with E-state index in [4.69, 9.17) is 0 Å². The van der Waals surface area contributed by atoms with Gasteiger partial charge in [0.1, 0.15) is 11.3 Å². The normalized spacial score (nSPS) is 15.5. The highest BCUT2D eigenvalue weighted by Gasteiger charge is 2.42. The fraction of sp³-hybridized carbons (Fsp3) is 0.154. The van der Waals surface area contributed by atoms with Gasteiger partial charge in [-0.05, 0) is 47.5 Å². The predicted molar refractivity (Wildman–Crippen MR) is 132 cm³/mol. The Bertz CT molecular complexity index is 1190. The Morgan fingerprint density at radius 1 is 0.903 bits per heavy atom. The van der Waals surface area contributed by atoms with Crippen molar-refractivity contribution < 1.29 is 9.48 Å². The average molecular weight is 475 g/mol. The maximum atomic E-state index is 13.8. The molecule has 3 aromatic rings. The van der Waals surface area contributed by atoms with Crippen LogP contribution in [-0.2, 0) is 4.79 Å². The first-order valence-corrected chi connectivity index (χ1v) is 10.9. The summed E-state index contributed by atoms with van der Waals surface area (Å²) in [6.45, 7) is 2.00. The fourth-order valence-corrected chi connectivity index (χ4v) is 4.28. The number of carbonyl (C=O) groups excluding carboxylic acids is 1. The van der Waals surface area contributed by atoms with Crippen LogP contribution in [0.5, 0.6) is 0 Å². The van der Waals surface area contributed by atoms with Gasteiger partial charge in [0, 0.05) is 36.8 Å². The number of nitrogens with zero attached hydrogens (tertiary/aromatic N) is 3. The number of benzene rings is 3. The lowest BCUT2D eigenvalue weighted by Gasteiger charge is -2.15. The summed E-state index contributed by atoms with van der Waals surface area (Å²) in [6, 6.07) is 26.2. The van der Waals surface area contributed by atoms with Crippen molar-refractivity contribution >= 4 is 44.5 Å². The Morgan fingerprint density at radius 3 is 2.19 bits per heavy atom. The lowest BCUT2D eigenvalue weighted by atomic mass is 9.90. The van der Waals surface area contributed by atoms with Crippen LogP contribution in [0.15, 0.2) is 88.9 Å². The van der Waals surface area contributed by atoms with Crippen molar-refractivity contribution in [3.8, 4) is 0 Å². The summed E-state index contributed by atoms with van der Waals surface area (Å²) in [4.78, 5) is 15.8. The zero-order valence-electron chi connectivity index (χ0n) is 18.1. The largest absolute Gasteiger partial charge is 0.378 e. The highest BCUT2D eigenvalue weighted by Crippen LogP contribution is 2.34. The molecular formula is C26H25BrN3O+. The van der Waals surface area contributed by atoms with Gasteiger partial charge in [-0.1, -0.05) is 63.4 Å². The third-order valence-electron chi connectivity index (χ3n) is 5.59. The number of carbonyl (C=O) groups is 1. The summed E-state index contributed by atoms with van der Waals surface area (Å²) in [5.74, 6) is -0.0298. The molecule has 1 aliphatic rings. The quantitative estimate of drug-likeness (QED) is 0.374. The van der Waals surface area contributed by atoms with E-state index < -0.39 is 0 Å². The molecule has 0 N–H and O–H groups in total. The minimum Gasteiger partial charge on any atom is -0.378 e. The van der Waals surface area contributed by atoms with Crippen LogP contribution in [0, 0.1) is 0 Å². The Morgan fingerprint density at radius 2 is 1.58 bits per heavy atom. The molecule has 1 aliphatic heterocycles. The molecule has 4 nitrogen and oxygen atoms in total. The van der Waals surface area contributed by atoms with E-state index in [1.807, 2.05) is 75.2 Å². The van der Waals surface area contributed by atoms with Gasteiger partial charge in [0.15, 0.2) is 7.05 Å². The lowest BCUT2D eigenvalue weighted by molar-refractivity contribution is -0.495. The topological polar surface area (TPSA) is 26.6 Å². The van der Waals surface area contributed by atoms with Gasteiger partial charge in [0.05, 0.1) is 0 Å². The van der Waals surface area contributed by atoms with Crippen LogP contribution in [0.4, 0.5) is 11.4 Å². The molecule has 0 aliphatic carbocycles. The van der Waals surface area contributed by atoms with Crippen LogP contribution in [0.1, 0.15) is 18.1 Å². The second-order valence-corrected chi connectivity index (χ2v) is 8.68. The molecule has 5 heteroatoms. The monoisotopic (exact) mass is 474 g/mol. The second kappa shape index (κ2) is 8.52. The molecule has 1 heterocycles. The molecule has 0 atom stereocenters. The van der Waals surface area contributed by atoms with E-state index in [2.05, 4.69) is 57.2 Å². The summed E-state index contributed by atoms with van der Waals surface area (Å²) in [5, 5.41) is 1.73. The molecule has 31 heavy (non-hydrogen) atoms. The standard InChI is InChI=1S/C26H25BrN3O/c1-18-24(26(31)30(29(18)4)23-11-6-5-7-12-23)25(20-9-8-10-21(27)17-20)19-13-15-22(16-14-19)28(2)3/h5-17H,1-4H3/q+1. The second-order valence-electron chi connectivity index (χ2n) is 7.76. The minimum absolute atomic E-state index is 0.0298. The first-order chi connectivity index (χ1) is 14.9. The molecule has 0 aromatic heterocycles. The zero-order chi connectivity index (χ0) is 22.1. The number of hydrazine groups is 1. The van der Waals surface area contributed by atoms with E-state index in [0.717, 1.165) is 38.3 Å². The molecule has 156 valence electrons. The number of hydrazone groups is 1. The molecule has 0 bridgehead atoms. The predicted octanol–water partition coefficient (Wildman–Crippen LogP) is 5.38. The summed E-state index contributed by atoms with van der Waals surface area (Å²) in [5.41, 5.74) is 6.53. The van der Waals surface area contributed by atoms with Crippen LogP contribution in [-0.4, -0.2) is 37.4 Å². The average Bonchev–Trinajstić information content (AvgIpc) is 2.98. The smallest absolute Gasteiger partial charge is 0.320 e. The van der Waals surface area contributed by atoms with Crippen LogP contribution in [0.3, 0.4) is 0 Å². The summed E-state index contributed by atoms with van der Waals surface area (Å²) >= 11 is 3.59. The molecule has 0 spiro atoms. The van der Waals surface area contributed by atoms with Crippen molar-refractivity contribution in [2.75, 3.05) is 31.1 Å². The molecule has 1 amide bonds. The van der Waals surface area contributed by atoms with E-state index in [9.17, 15) is 4.79 Å². The number of halogens is 1. The van der Waals surface area contributed by atoms with Crippen LogP contribution >= 0.6 is 15.9 Å². The van der Waals surface area contributed by atoms with Gasteiger partial charge in [-0.25, -0.2) is 0 Å². The van der Waals surface area contributed by atoms with E-state index in [-0.39, 0.29) is 5.91 Å². The maximum Gasteiger partial charge on any atom is 0.320 e. The van der Waals surface area contributed by atoms with Gasteiger partial charge in [-0.3, -0.25) is 4.79 Å². The molecule has 0 saturated carbocycles. The van der Waals surface area contributed by atoms with Gasteiger partial charge in [-0.2, -0.15) is 0 Å². The van der Waals surface area contributed by atoms with Crippen LogP contribution < -0.4 is 9.91 Å². The van der Waals surface area contributed by atoms with E-state index in [1.165, 1.54) is 0 Å². The number of para-hydroxylation sites is 1. The van der Waals surface area contributed by atoms with Gasteiger partial charge in [0.2, 0.25) is 5.71 Å². The molecular weight excluding hydrogens is 450 g/mol. The van der Waals surface area contributed by atoms with Crippen molar-refractivity contribution in [1.29, 1.82) is 0 Å². The van der Waals surface area contributed by atoms with E-state index >= 15 is 0 Å². The molecule has 3 aromatic carbocycles. The Balaban J connectivity index is 1.95. The van der Waals surface area contributed by atoms with E-state index in [0.29, 0.717) is 5.57 Å². The molecule has 4 rings (SSSR count). The van der Waals surface area contributed by atoms with Crippen molar-refractivity contribution in [3.05, 3.63) is 100 Å². The summed E-state index contributed by atoms with van der Waals surface area (Å²) < 4.78 is 2.91. The van der Waals surface area contributed by atoms with Crippen molar-refractivity contribution in [3.63, 3.8) is 0 Å². The highest BCUT2D eigenvalue weighted by atomic mass is 79.9. The van der Waals surface area contributed by atoms with E-state index in [1.54, 1.807) is 5.01 Å². The summed E-state index contributed by atoms with van der Waals surface area (Å²) in [7, 11) is 5.97. The number of hydrogen-bond acceptors (Lipinski definition) is 2. The number of anilines is 2. The molecule has 0 saturated heterocycles. The Hall–Kier alpha value is -3.18. The van der Waals surface area contributed by atoms with Crippen molar-refractivity contribution in [2.24, 2.45) is 0 Å². The SMILES string of the molecule is CC1=[N+](C)N(c2ccccc2)C(=O)C1=C(c1ccc(N(C)C)cc1)c1cccc(Br)c1. The van der Waals surface area contributed by atoms with Gasteiger partial charge >= 0.3 is 5.91 Å². The molecule has 0 fully saturated rings. The first kappa shape index (κ1) is 21.1. The van der Waals surface area contributed by atoms with Crippen LogP contribution in [0.25, 0.3) is 5.57 Å². The third-order valence-corrected chi connectivity index (χ3v) is 6.08. The van der Waals surface area contributed by atoms with Crippen molar-refractivity contribution in [2.45, 2.75) is 6.92 Å². The fourth-order valence-electron chi connectivity index (χ4n) is 3.88. The van der Waals surface area contributed by atoms with Gasteiger partial charge in [0.25, 0.3) is 0 Å². The van der Waals surface area contributed by atoms with Gasteiger partial charge < -0.3 is 4.90 Å². The number of hydrogen-bond donors (Lipinski definition) is 0. The maximum absolute atomic E-state index is 13.8. The molecule has 0 radical (unpaired) electrons. The first-order valence-electron chi connectivity index (χ1n) is 10.1. The number of rotatable bonds is 4. The number of amides is 1. The zero-order valence-corrected chi connectivity index (χ0v) is 19.7. The minimum atomic E-state index is -0.0298. The van der Waals surface area contributed by atoms with Crippen LogP contribution in [0.2, 0.25) is 0 Å². The Labute approximate surface area is 191 Å².